The first-order valence-electron chi connectivity index (χ1n) is 9.55. The number of anilines is 1. The predicted octanol–water partition coefficient (Wildman–Crippen LogP) is 3.77. The third-order valence-electron chi connectivity index (χ3n) is 4.60. The molecule has 0 bridgehead atoms. The van der Waals surface area contributed by atoms with Crippen molar-refractivity contribution in [1.82, 2.24) is 4.72 Å². The van der Waals surface area contributed by atoms with Crippen LogP contribution >= 0.6 is 0 Å². The zero-order valence-electron chi connectivity index (χ0n) is 16.3. The highest BCUT2D eigenvalue weighted by Crippen LogP contribution is 2.27. The van der Waals surface area contributed by atoms with E-state index in [-0.39, 0.29) is 17.1 Å². The topological polar surface area (TPSA) is 101 Å². The number of rotatable bonds is 10. The quantitative estimate of drug-likeness (QED) is 0.380. The van der Waals surface area contributed by atoms with Crippen LogP contribution in [0.5, 0.6) is 0 Å². The Morgan fingerprint density at radius 1 is 0.800 bits per heavy atom. The number of nitro groups is 1. The lowest BCUT2D eigenvalue weighted by atomic mass is 10.1. The van der Waals surface area contributed by atoms with Gasteiger partial charge in [-0.1, -0.05) is 60.7 Å². The molecule has 0 saturated heterocycles. The van der Waals surface area contributed by atoms with E-state index in [2.05, 4.69) is 10.0 Å². The Labute approximate surface area is 176 Å². The average Bonchev–Trinajstić information content (AvgIpc) is 2.75. The van der Waals surface area contributed by atoms with Gasteiger partial charge in [0.1, 0.15) is 5.69 Å². The number of benzene rings is 3. The fraction of sp³-hybridized carbons (Fsp3) is 0.182. The normalized spacial score (nSPS) is 11.2. The SMILES string of the molecule is O=[N+]([O-])c1cc(S(=O)(=O)NCCc2ccccc2)ccc1NCCc1ccccc1. The summed E-state index contributed by atoms with van der Waals surface area (Å²) in [6, 6.07) is 23.1. The summed E-state index contributed by atoms with van der Waals surface area (Å²) in [7, 11) is -3.85. The standard InChI is InChI=1S/C22H23N3O4S/c26-25(27)22-17-20(30(28,29)24-16-14-19-9-5-2-6-10-19)11-12-21(22)23-15-13-18-7-3-1-4-8-18/h1-12,17,23-24H,13-16H2. The fourth-order valence-corrected chi connectivity index (χ4v) is 4.07. The third kappa shape index (κ3) is 5.88. The Morgan fingerprint density at radius 2 is 1.37 bits per heavy atom. The molecule has 0 spiro atoms. The summed E-state index contributed by atoms with van der Waals surface area (Å²) in [6.07, 6.45) is 1.22. The van der Waals surface area contributed by atoms with Crippen molar-refractivity contribution < 1.29 is 13.3 Å². The second kappa shape index (κ2) is 10.00. The first-order chi connectivity index (χ1) is 14.5. The van der Waals surface area contributed by atoms with Crippen LogP contribution in [0.25, 0.3) is 0 Å². The molecular weight excluding hydrogens is 402 g/mol. The number of nitrogens with zero attached hydrogens (tertiary/aromatic N) is 1. The molecule has 3 aromatic carbocycles. The van der Waals surface area contributed by atoms with Gasteiger partial charge in [0.05, 0.1) is 9.82 Å². The van der Waals surface area contributed by atoms with Gasteiger partial charge in [0, 0.05) is 19.2 Å². The van der Waals surface area contributed by atoms with Crippen LogP contribution in [0.15, 0.2) is 83.8 Å². The molecule has 0 heterocycles. The van der Waals surface area contributed by atoms with Gasteiger partial charge in [0.2, 0.25) is 10.0 Å². The van der Waals surface area contributed by atoms with E-state index in [1.54, 1.807) is 0 Å². The second-order valence-electron chi connectivity index (χ2n) is 6.73. The molecular formula is C22H23N3O4S. The van der Waals surface area contributed by atoms with E-state index >= 15 is 0 Å². The van der Waals surface area contributed by atoms with E-state index in [4.69, 9.17) is 0 Å². The molecule has 0 radical (unpaired) electrons. The van der Waals surface area contributed by atoms with Crippen LogP contribution in [-0.2, 0) is 22.9 Å². The highest BCUT2D eigenvalue weighted by molar-refractivity contribution is 7.89. The van der Waals surface area contributed by atoms with E-state index in [0.29, 0.717) is 25.1 Å². The van der Waals surface area contributed by atoms with Gasteiger partial charge >= 0.3 is 0 Å². The first kappa shape index (κ1) is 21.5. The first-order valence-corrected chi connectivity index (χ1v) is 11.0. The van der Waals surface area contributed by atoms with Gasteiger partial charge in [-0.15, -0.1) is 0 Å². The van der Waals surface area contributed by atoms with Crippen LogP contribution in [0.3, 0.4) is 0 Å². The van der Waals surface area contributed by atoms with Crippen LogP contribution in [-0.4, -0.2) is 26.4 Å². The van der Waals surface area contributed by atoms with Crippen molar-refractivity contribution in [3.05, 3.63) is 100 Å². The summed E-state index contributed by atoms with van der Waals surface area (Å²) >= 11 is 0. The molecule has 0 aliphatic heterocycles. The molecule has 0 amide bonds. The zero-order valence-corrected chi connectivity index (χ0v) is 17.1. The number of sulfonamides is 1. The van der Waals surface area contributed by atoms with Crippen molar-refractivity contribution in [2.45, 2.75) is 17.7 Å². The Kier molecular flexibility index (Phi) is 7.16. The highest BCUT2D eigenvalue weighted by atomic mass is 32.2. The largest absolute Gasteiger partial charge is 0.379 e. The Balaban J connectivity index is 1.66. The molecule has 0 unspecified atom stereocenters. The van der Waals surface area contributed by atoms with Crippen LogP contribution in [0.4, 0.5) is 11.4 Å². The molecule has 8 heteroatoms. The number of hydrogen-bond donors (Lipinski definition) is 2. The maximum Gasteiger partial charge on any atom is 0.293 e. The number of nitro benzene ring substituents is 1. The third-order valence-corrected chi connectivity index (χ3v) is 6.06. The van der Waals surface area contributed by atoms with Crippen LogP contribution < -0.4 is 10.0 Å². The molecule has 7 nitrogen and oxygen atoms in total. The van der Waals surface area contributed by atoms with Crippen molar-refractivity contribution in [1.29, 1.82) is 0 Å². The monoisotopic (exact) mass is 425 g/mol. The maximum atomic E-state index is 12.6. The molecule has 3 rings (SSSR count). The van der Waals surface area contributed by atoms with Crippen molar-refractivity contribution >= 4 is 21.4 Å². The van der Waals surface area contributed by atoms with Crippen molar-refractivity contribution in [3.8, 4) is 0 Å². The van der Waals surface area contributed by atoms with Gasteiger partial charge in [0.15, 0.2) is 0 Å². The summed E-state index contributed by atoms with van der Waals surface area (Å²) in [6.45, 7) is 0.698. The van der Waals surface area contributed by atoms with Gasteiger partial charge < -0.3 is 5.32 Å². The Morgan fingerprint density at radius 3 is 1.93 bits per heavy atom. The summed E-state index contributed by atoms with van der Waals surface area (Å²) in [5.41, 5.74) is 2.13. The van der Waals surface area contributed by atoms with Gasteiger partial charge in [-0.2, -0.15) is 0 Å². The van der Waals surface area contributed by atoms with E-state index in [1.165, 1.54) is 12.1 Å². The minimum atomic E-state index is -3.85. The fourth-order valence-electron chi connectivity index (χ4n) is 3.02. The van der Waals surface area contributed by atoms with Gasteiger partial charge in [0.25, 0.3) is 5.69 Å². The second-order valence-corrected chi connectivity index (χ2v) is 8.50. The number of nitrogens with one attached hydrogen (secondary N) is 2. The van der Waals surface area contributed by atoms with E-state index in [1.807, 2.05) is 60.7 Å². The van der Waals surface area contributed by atoms with Gasteiger partial charge in [-0.25, -0.2) is 13.1 Å². The predicted molar refractivity (Wildman–Crippen MR) is 117 cm³/mol. The molecule has 3 aromatic rings. The molecule has 0 aromatic heterocycles. The number of hydrogen-bond acceptors (Lipinski definition) is 5. The van der Waals surface area contributed by atoms with Crippen LogP contribution in [0.2, 0.25) is 0 Å². The minimum Gasteiger partial charge on any atom is -0.379 e. The molecule has 0 fully saturated rings. The van der Waals surface area contributed by atoms with E-state index < -0.39 is 14.9 Å². The summed E-state index contributed by atoms with van der Waals surface area (Å²) in [4.78, 5) is 10.8. The van der Waals surface area contributed by atoms with Gasteiger partial charge in [-0.3, -0.25) is 10.1 Å². The molecule has 0 atom stereocenters. The van der Waals surface area contributed by atoms with Crippen LogP contribution in [0.1, 0.15) is 11.1 Å². The minimum absolute atomic E-state index is 0.129. The lowest BCUT2D eigenvalue weighted by Crippen LogP contribution is -2.26. The molecule has 0 aliphatic carbocycles. The molecule has 0 aliphatic rings. The summed E-state index contributed by atoms with van der Waals surface area (Å²) in [5, 5.41) is 14.5. The summed E-state index contributed by atoms with van der Waals surface area (Å²) in [5.74, 6) is 0. The average molecular weight is 426 g/mol. The van der Waals surface area contributed by atoms with Crippen LogP contribution in [0, 0.1) is 10.1 Å². The maximum absolute atomic E-state index is 12.6. The van der Waals surface area contributed by atoms with E-state index in [9.17, 15) is 18.5 Å². The molecule has 30 heavy (non-hydrogen) atoms. The van der Waals surface area contributed by atoms with Crippen molar-refractivity contribution in [2.75, 3.05) is 18.4 Å². The molecule has 156 valence electrons. The lowest BCUT2D eigenvalue weighted by Gasteiger charge is -2.10. The van der Waals surface area contributed by atoms with Gasteiger partial charge in [-0.05, 0) is 36.1 Å². The highest BCUT2D eigenvalue weighted by Gasteiger charge is 2.21. The van der Waals surface area contributed by atoms with Crippen molar-refractivity contribution in [2.24, 2.45) is 0 Å². The molecule has 0 saturated carbocycles. The van der Waals surface area contributed by atoms with Crippen molar-refractivity contribution in [3.63, 3.8) is 0 Å². The van der Waals surface area contributed by atoms with E-state index in [0.717, 1.165) is 17.2 Å². The molecule has 2 N–H and O–H groups in total. The summed E-state index contributed by atoms with van der Waals surface area (Å²) < 4.78 is 27.6. The zero-order chi connectivity index (χ0) is 21.4. The Hall–Kier alpha value is -3.23. The lowest BCUT2D eigenvalue weighted by molar-refractivity contribution is -0.384. The smallest absolute Gasteiger partial charge is 0.293 e. The Bertz CT molecular complexity index is 1090.